The number of hydrogen-bond donors (Lipinski definition) is 1. The highest BCUT2D eigenvalue weighted by molar-refractivity contribution is 8.00. The van der Waals surface area contributed by atoms with E-state index < -0.39 is 5.82 Å². The zero-order valence-corrected chi connectivity index (χ0v) is 17.3. The summed E-state index contributed by atoms with van der Waals surface area (Å²) in [4.78, 5) is 16.6. The van der Waals surface area contributed by atoms with Crippen LogP contribution in [-0.4, -0.2) is 59.6 Å². The molecule has 1 atom stereocenters. The molecule has 0 heterocycles. The number of urea groups is 1. The smallest absolute Gasteiger partial charge is 0.321 e. The van der Waals surface area contributed by atoms with Crippen LogP contribution >= 0.6 is 11.8 Å². The van der Waals surface area contributed by atoms with Gasteiger partial charge in [-0.25, -0.2) is 9.18 Å². The van der Waals surface area contributed by atoms with Crippen molar-refractivity contribution in [1.82, 2.24) is 9.80 Å². The topological polar surface area (TPSA) is 35.6 Å². The lowest BCUT2D eigenvalue weighted by molar-refractivity contribution is 0.219. The first-order chi connectivity index (χ1) is 13.0. The average molecular weight is 392 g/mol. The largest absolute Gasteiger partial charge is 0.326 e. The van der Waals surface area contributed by atoms with Gasteiger partial charge in [0.2, 0.25) is 0 Å². The Balaban J connectivity index is 1.98. The first kappa shape index (κ1) is 21.5. The molecule has 2 amide bonds. The second-order valence-corrected chi connectivity index (χ2v) is 8.21. The monoisotopic (exact) mass is 391 g/mol. The van der Waals surface area contributed by atoms with Gasteiger partial charge in [-0.2, -0.15) is 0 Å². The minimum Gasteiger partial charge on any atom is -0.326 e. The summed E-state index contributed by atoms with van der Waals surface area (Å²) in [7, 11) is 1.76. The normalized spacial score (nSPS) is 18.7. The molecule has 0 aliphatic heterocycles. The molecule has 0 fully saturated rings. The van der Waals surface area contributed by atoms with E-state index in [0.717, 1.165) is 31.8 Å². The van der Waals surface area contributed by atoms with Gasteiger partial charge in [-0.3, -0.25) is 0 Å². The first-order valence-corrected chi connectivity index (χ1v) is 10.5. The Morgan fingerprint density at radius 3 is 2.63 bits per heavy atom. The Labute approximate surface area is 166 Å². The number of nitrogens with one attached hydrogen (secondary N) is 1. The van der Waals surface area contributed by atoms with E-state index >= 15 is 0 Å². The predicted molar refractivity (Wildman–Crippen MR) is 114 cm³/mol. The summed E-state index contributed by atoms with van der Waals surface area (Å²) in [6.07, 6.45) is 9.31. The molecule has 2 rings (SSSR count). The number of para-hydroxylation sites is 1. The zero-order valence-electron chi connectivity index (χ0n) is 16.5. The number of hydrogen-bond acceptors (Lipinski definition) is 3. The lowest BCUT2D eigenvalue weighted by Crippen LogP contribution is -2.43. The fourth-order valence-corrected chi connectivity index (χ4v) is 4.51. The van der Waals surface area contributed by atoms with E-state index in [1.165, 1.54) is 6.07 Å². The number of anilines is 1. The molecule has 148 valence electrons. The summed E-state index contributed by atoms with van der Waals surface area (Å²) in [5.41, 5.74) is 0.205. The average Bonchev–Trinajstić information content (AvgIpc) is 2.67. The SMILES string of the molecule is CCN(CC)CCSC1(CN(C)C(=O)Nc2ccccc2F)C=CC=CC1. The van der Waals surface area contributed by atoms with Gasteiger partial charge in [-0.15, -0.1) is 11.8 Å². The summed E-state index contributed by atoms with van der Waals surface area (Å²) < 4.78 is 13.6. The number of benzene rings is 1. The Morgan fingerprint density at radius 2 is 2.00 bits per heavy atom. The summed E-state index contributed by atoms with van der Waals surface area (Å²) in [6.45, 7) is 8.04. The van der Waals surface area contributed by atoms with E-state index in [9.17, 15) is 9.18 Å². The van der Waals surface area contributed by atoms with Crippen LogP contribution in [0.1, 0.15) is 20.3 Å². The molecule has 1 aliphatic carbocycles. The Kier molecular flexibility index (Phi) is 8.38. The summed E-state index contributed by atoms with van der Waals surface area (Å²) in [5.74, 6) is 0.575. The first-order valence-electron chi connectivity index (χ1n) is 9.47. The minimum absolute atomic E-state index is 0.150. The number of carbonyl (C=O) groups is 1. The van der Waals surface area contributed by atoms with Crippen LogP contribution in [0.15, 0.2) is 48.6 Å². The van der Waals surface area contributed by atoms with Gasteiger partial charge in [0, 0.05) is 25.9 Å². The highest BCUT2D eigenvalue weighted by Crippen LogP contribution is 2.34. The van der Waals surface area contributed by atoms with Crippen LogP contribution in [0.2, 0.25) is 0 Å². The number of thioether (sulfide) groups is 1. The molecular formula is C21H30FN3OS. The van der Waals surface area contributed by atoms with Crippen LogP contribution in [0.4, 0.5) is 14.9 Å². The third-order valence-electron chi connectivity index (χ3n) is 4.77. The highest BCUT2D eigenvalue weighted by Gasteiger charge is 2.31. The molecule has 1 unspecified atom stereocenters. The lowest BCUT2D eigenvalue weighted by atomic mass is 9.99. The van der Waals surface area contributed by atoms with Crippen molar-refractivity contribution in [1.29, 1.82) is 0 Å². The molecule has 0 spiro atoms. The van der Waals surface area contributed by atoms with Crippen molar-refractivity contribution >= 4 is 23.5 Å². The molecular weight excluding hydrogens is 361 g/mol. The van der Waals surface area contributed by atoms with Gasteiger partial charge < -0.3 is 15.1 Å². The summed E-state index contributed by atoms with van der Waals surface area (Å²) in [6, 6.07) is 5.92. The molecule has 1 aromatic carbocycles. The van der Waals surface area contributed by atoms with Crippen LogP contribution in [0.25, 0.3) is 0 Å². The Bertz CT molecular complexity index is 675. The number of allylic oxidation sites excluding steroid dienone is 3. The van der Waals surface area contributed by atoms with Crippen LogP contribution in [0.3, 0.4) is 0 Å². The van der Waals surface area contributed by atoms with Crippen molar-refractivity contribution in [2.75, 3.05) is 44.3 Å². The van der Waals surface area contributed by atoms with Gasteiger partial charge in [-0.1, -0.05) is 50.3 Å². The quantitative estimate of drug-likeness (QED) is 0.667. The third kappa shape index (κ3) is 6.40. The number of rotatable bonds is 9. The maximum Gasteiger partial charge on any atom is 0.321 e. The van der Waals surface area contributed by atoms with Crippen LogP contribution in [-0.2, 0) is 0 Å². The fraction of sp³-hybridized carbons (Fsp3) is 0.476. The Hall–Kier alpha value is -1.79. The highest BCUT2D eigenvalue weighted by atomic mass is 32.2. The molecule has 6 heteroatoms. The lowest BCUT2D eigenvalue weighted by Gasteiger charge is -2.35. The summed E-state index contributed by atoms with van der Waals surface area (Å²) in [5, 5.41) is 2.66. The number of halogens is 1. The standard InChI is InChI=1S/C21H30FN3OS/c1-4-25(5-2)15-16-27-21(13-9-6-10-14-21)17-24(3)20(26)23-19-12-8-7-11-18(19)22/h6-13H,4-5,14-17H2,1-3H3,(H,23,26). The zero-order chi connectivity index (χ0) is 19.7. The molecule has 1 aliphatic rings. The number of nitrogens with zero attached hydrogens (tertiary/aromatic N) is 2. The molecule has 27 heavy (non-hydrogen) atoms. The van der Waals surface area contributed by atoms with Crippen molar-refractivity contribution < 1.29 is 9.18 Å². The van der Waals surface area contributed by atoms with Gasteiger partial charge in [0.25, 0.3) is 0 Å². The van der Waals surface area contributed by atoms with E-state index in [1.54, 1.807) is 30.1 Å². The molecule has 0 saturated heterocycles. The van der Waals surface area contributed by atoms with Crippen molar-refractivity contribution in [3.05, 3.63) is 54.4 Å². The molecule has 4 nitrogen and oxygen atoms in total. The van der Waals surface area contributed by atoms with Gasteiger partial charge in [0.15, 0.2) is 0 Å². The fourth-order valence-electron chi connectivity index (χ4n) is 3.08. The molecule has 0 bridgehead atoms. The van der Waals surface area contributed by atoms with Gasteiger partial charge in [0.05, 0.1) is 10.4 Å². The maximum absolute atomic E-state index is 13.8. The number of amides is 2. The second kappa shape index (κ2) is 10.5. The number of carbonyl (C=O) groups excluding carboxylic acids is 1. The molecule has 1 N–H and O–H groups in total. The van der Waals surface area contributed by atoms with Crippen molar-refractivity contribution in [3.8, 4) is 0 Å². The van der Waals surface area contributed by atoms with Gasteiger partial charge in [0.1, 0.15) is 5.82 Å². The summed E-state index contributed by atoms with van der Waals surface area (Å²) >= 11 is 1.88. The Morgan fingerprint density at radius 1 is 1.26 bits per heavy atom. The van der Waals surface area contributed by atoms with Crippen molar-refractivity contribution in [2.45, 2.75) is 25.0 Å². The van der Waals surface area contributed by atoms with Gasteiger partial charge in [-0.05, 0) is 31.6 Å². The third-order valence-corrected chi connectivity index (χ3v) is 6.16. The van der Waals surface area contributed by atoms with E-state index in [0.29, 0.717) is 6.54 Å². The van der Waals surface area contributed by atoms with Gasteiger partial charge >= 0.3 is 6.03 Å². The van der Waals surface area contributed by atoms with Crippen LogP contribution < -0.4 is 5.32 Å². The molecule has 0 radical (unpaired) electrons. The van der Waals surface area contributed by atoms with Crippen LogP contribution in [0.5, 0.6) is 0 Å². The predicted octanol–water partition coefficient (Wildman–Crippen LogP) is 4.62. The molecule has 1 aromatic rings. The van der Waals surface area contributed by atoms with E-state index in [4.69, 9.17) is 0 Å². The molecule has 0 aromatic heterocycles. The van der Waals surface area contributed by atoms with Crippen molar-refractivity contribution in [3.63, 3.8) is 0 Å². The molecule has 0 saturated carbocycles. The van der Waals surface area contributed by atoms with E-state index in [2.05, 4.69) is 42.3 Å². The maximum atomic E-state index is 13.8. The van der Waals surface area contributed by atoms with Crippen molar-refractivity contribution in [2.24, 2.45) is 0 Å². The van der Waals surface area contributed by atoms with E-state index in [-0.39, 0.29) is 16.5 Å². The van der Waals surface area contributed by atoms with E-state index in [1.807, 2.05) is 17.8 Å². The van der Waals surface area contributed by atoms with Crippen LogP contribution in [0, 0.1) is 5.82 Å². The second-order valence-electron chi connectivity index (χ2n) is 6.70. The minimum atomic E-state index is -0.428.